The molecule has 2 heterocycles. The van der Waals surface area contributed by atoms with Crippen LogP contribution in [0.1, 0.15) is 19.2 Å². The molecule has 0 unspecified atom stereocenters. The number of thiophene rings is 1. The van der Waals surface area contributed by atoms with Gasteiger partial charge < -0.3 is 9.32 Å². The lowest BCUT2D eigenvalue weighted by molar-refractivity contribution is -0.129. The summed E-state index contributed by atoms with van der Waals surface area (Å²) in [6, 6.07) is 1.93. The second kappa shape index (κ2) is 5.77. The number of rotatable bonds is 5. The number of carbonyl (C=O) groups excluding carboxylic acids is 1. The molecule has 1 amide bonds. The summed E-state index contributed by atoms with van der Waals surface area (Å²) in [6.45, 7) is 2.65. The third-order valence-electron chi connectivity index (χ3n) is 2.69. The second-order valence-electron chi connectivity index (χ2n) is 3.92. The highest BCUT2D eigenvalue weighted by Gasteiger charge is 2.12. The lowest BCUT2D eigenvalue weighted by Gasteiger charge is -2.13. The Hall–Kier alpha value is -1.69. The van der Waals surface area contributed by atoms with Crippen LogP contribution in [0.3, 0.4) is 0 Å². The largest absolute Gasteiger partial charge is 0.421 e. The molecule has 0 aliphatic heterocycles. The molecular weight excluding hydrogens is 250 g/mol. The van der Waals surface area contributed by atoms with Crippen molar-refractivity contribution < 1.29 is 9.21 Å². The van der Waals surface area contributed by atoms with Crippen LogP contribution in [-0.4, -0.2) is 34.6 Å². The highest BCUT2D eigenvalue weighted by molar-refractivity contribution is 7.08. The van der Waals surface area contributed by atoms with E-state index >= 15 is 0 Å². The van der Waals surface area contributed by atoms with Crippen molar-refractivity contribution in [1.29, 1.82) is 0 Å². The minimum absolute atomic E-state index is 0.0905. The van der Waals surface area contributed by atoms with Crippen molar-refractivity contribution >= 4 is 17.2 Å². The van der Waals surface area contributed by atoms with Gasteiger partial charge in [-0.05, 0) is 18.4 Å². The normalized spacial score (nSPS) is 10.6. The van der Waals surface area contributed by atoms with Crippen LogP contribution in [0.2, 0.25) is 0 Å². The molecule has 0 fully saturated rings. The molecule has 2 rings (SSSR count). The van der Waals surface area contributed by atoms with Gasteiger partial charge in [0.1, 0.15) is 0 Å². The molecule has 0 N–H and O–H groups in total. The zero-order chi connectivity index (χ0) is 13.0. The monoisotopic (exact) mass is 265 g/mol. The van der Waals surface area contributed by atoms with Crippen molar-refractivity contribution in [3.05, 3.63) is 22.7 Å². The molecule has 0 saturated heterocycles. The van der Waals surface area contributed by atoms with Crippen LogP contribution in [0.25, 0.3) is 11.5 Å². The van der Waals surface area contributed by atoms with Crippen LogP contribution in [-0.2, 0) is 11.2 Å². The fourth-order valence-corrected chi connectivity index (χ4v) is 2.07. The average molecular weight is 265 g/mol. The van der Waals surface area contributed by atoms with E-state index in [1.807, 2.05) is 23.8 Å². The van der Waals surface area contributed by atoms with E-state index in [0.717, 1.165) is 5.56 Å². The Labute approximate surface area is 109 Å². The second-order valence-corrected chi connectivity index (χ2v) is 4.70. The van der Waals surface area contributed by atoms with Gasteiger partial charge >= 0.3 is 0 Å². The molecule has 6 heteroatoms. The Morgan fingerprint density at radius 3 is 3.00 bits per heavy atom. The zero-order valence-corrected chi connectivity index (χ0v) is 11.2. The Balaban J connectivity index is 1.93. The lowest BCUT2D eigenvalue weighted by Crippen LogP contribution is -2.26. The van der Waals surface area contributed by atoms with E-state index in [0.29, 0.717) is 31.2 Å². The standard InChI is InChI=1S/C12H15N3O2S/c1-3-15(2)11(16)5-4-10-13-14-12(17-10)9-6-7-18-8-9/h6-8H,3-5H2,1-2H3. The van der Waals surface area contributed by atoms with Crippen molar-refractivity contribution in [2.24, 2.45) is 0 Å². The SMILES string of the molecule is CCN(C)C(=O)CCc1nnc(-c2ccsc2)o1. The number of carbonyl (C=O) groups is 1. The summed E-state index contributed by atoms with van der Waals surface area (Å²) in [6.07, 6.45) is 0.885. The van der Waals surface area contributed by atoms with Crippen molar-refractivity contribution in [3.8, 4) is 11.5 Å². The maximum absolute atomic E-state index is 11.6. The number of nitrogens with zero attached hydrogens (tertiary/aromatic N) is 3. The van der Waals surface area contributed by atoms with E-state index in [1.165, 1.54) is 0 Å². The molecule has 2 aromatic heterocycles. The van der Waals surface area contributed by atoms with Crippen LogP contribution in [0, 0.1) is 0 Å². The first-order chi connectivity index (χ1) is 8.70. The van der Waals surface area contributed by atoms with E-state index in [9.17, 15) is 4.79 Å². The first kappa shape index (κ1) is 12.8. The van der Waals surface area contributed by atoms with Gasteiger partial charge in [0.15, 0.2) is 0 Å². The summed E-state index contributed by atoms with van der Waals surface area (Å²) in [7, 11) is 1.78. The van der Waals surface area contributed by atoms with Crippen molar-refractivity contribution in [2.45, 2.75) is 19.8 Å². The first-order valence-electron chi connectivity index (χ1n) is 5.79. The van der Waals surface area contributed by atoms with Gasteiger partial charge in [-0.15, -0.1) is 10.2 Å². The molecule has 0 aromatic carbocycles. The smallest absolute Gasteiger partial charge is 0.248 e. The summed E-state index contributed by atoms with van der Waals surface area (Å²) in [5.74, 6) is 1.12. The minimum atomic E-state index is 0.0905. The van der Waals surface area contributed by atoms with E-state index in [-0.39, 0.29) is 5.91 Å². The molecule has 2 aromatic rings. The van der Waals surface area contributed by atoms with Crippen LogP contribution in [0.4, 0.5) is 0 Å². The van der Waals surface area contributed by atoms with E-state index < -0.39 is 0 Å². The van der Waals surface area contributed by atoms with Gasteiger partial charge in [0.25, 0.3) is 0 Å². The van der Waals surface area contributed by atoms with Gasteiger partial charge in [-0.25, -0.2) is 0 Å². The summed E-state index contributed by atoms with van der Waals surface area (Å²) in [5.41, 5.74) is 0.927. The molecule has 0 spiro atoms. The molecule has 5 nitrogen and oxygen atoms in total. The topological polar surface area (TPSA) is 59.2 Å². The number of hydrogen-bond donors (Lipinski definition) is 0. The molecule has 0 saturated carbocycles. The van der Waals surface area contributed by atoms with E-state index in [4.69, 9.17) is 4.42 Å². The third-order valence-corrected chi connectivity index (χ3v) is 3.37. The molecular formula is C12H15N3O2S. The van der Waals surface area contributed by atoms with Gasteiger partial charge in [-0.2, -0.15) is 11.3 Å². The first-order valence-corrected chi connectivity index (χ1v) is 6.74. The van der Waals surface area contributed by atoms with Crippen molar-refractivity contribution in [3.63, 3.8) is 0 Å². The fraction of sp³-hybridized carbons (Fsp3) is 0.417. The molecule has 96 valence electrons. The maximum atomic E-state index is 11.6. The van der Waals surface area contributed by atoms with Crippen LogP contribution >= 0.6 is 11.3 Å². The van der Waals surface area contributed by atoms with Gasteiger partial charge in [0.2, 0.25) is 17.7 Å². The Bertz CT molecular complexity index is 507. The van der Waals surface area contributed by atoms with Crippen molar-refractivity contribution in [1.82, 2.24) is 15.1 Å². The van der Waals surface area contributed by atoms with E-state index in [1.54, 1.807) is 23.3 Å². The summed E-state index contributed by atoms with van der Waals surface area (Å²) in [5, 5.41) is 11.8. The van der Waals surface area contributed by atoms with Crippen LogP contribution < -0.4 is 0 Å². The van der Waals surface area contributed by atoms with Crippen molar-refractivity contribution in [2.75, 3.05) is 13.6 Å². The molecule has 0 aliphatic carbocycles. The molecule has 0 aliphatic rings. The lowest BCUT2D eigenvalue weighted by atomic mass is 10.3. The number of aryl methyl sites for hydroxylation is 1. The Morgan fingerprint density at radius 2 is 2.33 bits per heavy atom. The predicted octanol–water partition coefficient (Wildman–Crippen LogP) is 2.21. The van der Waals surface area contributed by atoms with Gasteiger partial charge in [0.05, 0.1) is 0 Å². The van der Waals surface area contributed by atoms with Gasteiger partial charge in [0, 0.05) is 37.4 Å². The molecule has 0 bridgehead atoms. The van der Waals surface area contributed by atoms with E-state index in [2.05, 4.69) is 10.2 Å². The zero-order valence-electron chi connectivity index (χ0n) is 10.4. The quantitative estimate of drug-likeness (QED) is 0.831. The molecule has 18 heavy (non-hydrogen) atoms. The van der Waals surface area contributed by atoms with Gasteiger partial charge in [-0.3, -0.25) is 4.79 Å². The molecule has 0 radical (unpaired) electrons. The Kier molecular flexibility index (Phi) is 4.09. The summed E-state index contributed by atoms with van der Waals surface area (Å²) in [4.78, 5) is 13.3. The highest BCUT2D eigenvalue weighted by Crippen LogP contribution is 2.20. The molecule has 0 atom stereocenters. The van der Waals surface area contributed by atoms with Crippen LogP contribution in [0.5, 0.6) is 0 Å². The highest BCUT2D eigenvalue weighted by atomic mass is 32.1. The van der Waals surface area contributed by atoms with Gasteiger partial charge in [-0.1, -0.05) is 0 Å². The third kappa shape index (κ3) is 2.95. The number of aromatic nitrogens is 2. The Morgan fingerprint density at radius 1 is 1.50 bits per heavy atom. The number of hydrogen-bond acceptors (Lipinski definition) is 5. The van der Waals surface area contributed by atoms with Crippen LogP contribution in [0.15, 0.2) is 21.2 Å². The summed E-state index contributed by atoms with van der Waals surface area (Å²) >= 11 is 1.58. The minimum Gasteiger partial charge on any atom is -0.421 e. The number of amides is 1. The summed E-state index contributed by atoms with van der Waals surface area (Å²) < 4.78 is 5.51. The maximum Gasteiger partial charge on any atom is 0.248 e. The predicted molar refractivity (Wildman–Crippen MR) is 69.2 cm³/mol. The fourth-order valence-electron chi connectivity index (χ4n) is 1.44. The average Bonchev–Trinajstić information content (AvgIpc) is 3.04.